The molecule has 1 aromatic heterocycles. The average molecular weight is 320 g/mol. The Morgan fingerprint density at radius 2 is 2.00 bits per heavy atom. The molecule has 102 valence electrons. The van der Waals surface area contributed by atoms with Gasteiger partial charge in [-0.15, -0.1) is 10.2 Å². The standard InChI is InChI=1S/C11H11Cl2N3O2S/c1-3-16-10(14-15-11(16)19(13,17)18)8-4-5-9(12)7(2)6-8/h4-6H,3H2,1-2H3. The fraction of sp³-hybridized carbons (Fsp3) is 0.273. The van der Waals surface area contributed by atoms with Crippen molar-refractivity contribution in [1.29, 1.82) is 0 Å². The van der Waals surface area contributed by atoms with Crippen molar-refractivity contribution >= 4 is 31.3 Å². The van der Waals surface area contributed by atoms with E-state index >= 15 is 0 Å². The second kappa shape index (κ2) is 5.11. The molecule has 2 rings (SSSR count). The third-order valence-electron chi connectivity index (χ3n) is 2.67. The summed E-state index contributed by atoms with van der Waals surface area (Å²) in [5, 5.41) is 7.93. The Kier molecular flexibility index (Phi) is 3.85. The van der Waals surface area contributed by atoms with Crippen LogP contribution in [0, 0.1) is 6.92 Å². The van der Waals surface area contributed by atoms with E-state index in [1.165, 1.54) is 4.57 Å². The van der Waals surface area contributed by atoms with Gasteiger partial charge in [-0.05, 0) is 37.6 Å². The summed E-state index contributed by atoms with van der Waals surface area (Å²) in [5.74, 6) is 0.446. The van der Waals surface area contributed by atoms with Gasteiger partial charge in [-0.2, -0.15) is 0 Å². The van der Waals surface area contributed by atoms with Crippen LogP contribution in [0.3, 0.4) is 0 Å². The van der Waals surface area contributed by atoms with Gasteiger partial charge in [0.2, 0.25) is 0 Å². The maximum atomic E-state index is 11.4. The molecule has 8 heteroatoms. The van der Waals surface area contributed by atoms with Gasteiger partial charge >= 0.3 is 0 Å². The summed E-state index contributed by atoms with van der Waals surface area (Å²) < 4.78 is 24.2. The van der Waals surface area contributed by atoms with Crippen molar-refractivity contribution in [2.24, 2.45) is 0 Å². The number of nitrogens with zero attached hydrogens (tertiary/aromatic N) is 3. The summed E-state index contributed by atoms with van der Waals surface area (Å²) in [6.45, 7) is 4.05. The molecule has 0 aliphatic rings. The molecule has 0 aliphatic carbocycles. The lowest BCUT2D eigenvalue weighted by molar-refractivity contribution is 0.583. The molecule has 0 radical (unpaired) electrons. The minimum atomic E-state index is -3.92. The lowest BCUT2D eigenvalue weighted by atomic mass is 10.1. The lowest BCUT2D eigenvalue weighted by Crippen LogP contribution is -2.06. The summed E-state index contributed by atoms with van der Waals surface area (Å²) in [4.78, 5) is 0. The first kappa shape index (κ1) is 14.3. The van der Waals surface area contributed by atoms with E-state index < -0.39 is 9.05 Å². The molecule has 0 amide bonds. The van der Waals surface area contributed by atoms with Gasteiger partial charge in [0.15, 0.2) is 5.82 Å². The highest BCUT2D eigenvalue weighted by Crippen LogP contribution is 2.25. The normalized spacial score (nSPS) is 11.8. The van der Waals surface area contributed by atoms with E-state index in [2.05, 4.69) is 10.2 Å². The van der Waals surface area contributed by atoms with Gasteiger partial charge in [-0.25, -0.2) is 8.42 Å². The van der Waals surface area contributed by atoms with Crippen LogP contribution in [0.1, 0.15) is 12.5 Å². The van der Waals surface area contributed by atoms with Crippen LogP contribution >= 0.6 is 22.3 Å². The second-order valence-corrected chi connectivity index (χ2v) is 6.82. The van der Waals surface area contributed by atoms with Gasteiger partial charge in [-0.3, -0.25) is 4.57 Å². The molecule has 0 saturated carbocycles. The number of rotatable bonds is 3. The maximum Gasteiger partial charge on any atom is 0.296 e. The number of aryl methyl sites for hydroxylation is 1. The summed E-state index contributed by atoms with van der Waals surface area (Å²) in [5.41, 5.74) is 1.61. The number of aromatic nitrogens is 3. The predicted octanol–water partition coefficient (Wildman–Crippen LogP) is 2.85. The molecule has 2 aromatic rings. The van der Waals surface area contributed by atoms with Gasteiger partial charge < -0.3 is 0 Å². The fourth-order valence-corrected chi connectivity index (χ4v) is 2.83. The minimum Gasteiger partial charge on any atom is -0.297 e. The Morgan fingerprint density at radius 3 is 2.53 bits per heavy atom. The number of hydrogen-bond donors (Lipinski definition) is 0. The first-order chi connectivity index (χ1) is 8.84. The fourth-order valence-electron chi connectivity index (χ4n) is 1.75. The summed E-state index contributed by atoms with van der Waals surface area (Å²) in [6, 6.07) is 5.31. The molecule has 19 heavy (non-hydrogen) atoms. The zero-order valence-corrected chi connectivity index (χ0v) is 12.6. The van der Waals surface area contributed by atoms with Crippen molar-refractivity contribution in [2.45, 2.75) is 25.5 Å². The van der Waals surface area contributed by atoms with Crippen LogP contribution in [0.2, 0.25) is 5.02 Å². The van der Waals surface area contributed by atoms with E-state index in [0.717, 1.165) is 11.1 Å². The summed E-state index contributed by atoms with van der Waals surface area (Å²) in [7, 11) is 1.41. The van der Waals surface area contributed by atoms with Crippen molar-refractivity contribution < 1.29 is 8.42 Å². The Bertz CT molecular complexity index is 726. The highest BCUT2D eigenvalue weighted by atomic mass is 35.7. The van der Waals surface area contributed by atoms with Gasteiger partial charge in [0, 0.05) is 27.8 Å². The topological polar surface area (TPSA) is 64.8 Å². The van der Waals surface area contributed by atoms with Crippen LogP contribution in [0.5, 0.6) is 0 Å². The molecule has 1 aromatic carbocycles. The van der Waals surface area contributed by atoms with Crippen LogP contribution < -0.4 is 0 Å². The quantitative estimate of drug-likeness (QED) is 0.816. The highest BCUT2D eigenvalue weighted by molar-refractivity contribution is 8.13. The van der Waals surface area contributed by atoms with E-state index in [0.29, 0.717) is 17.4 Å². The first-order valence-corrected chi connectivity index (χ1v) is 8.17. The molecule has 1 heterocycles. The number of halogens is 2. The average Bonchev–Trinajstić information content (AvgIpc) is 2.76. The van der Waals surface area contributed by atoms with Crippen molar-refractivity contribution in [3.05, 3.63) is 28.8 Å². The van der Waals surface area contributed by atoms with E-state index in [1.54, 1.807) is 19.1 Å². The third-order valence-corrected chi connectivity index (χ3v) is 4.24. The van der Waals surface area contributed by atoms with Crippen molar-refractivity contribution in [2.75, 3.05) is 0 Å². The van der Waals surface area contributed by atoms with Crippen molar-refractivity contribution in [3.63, 3.8) is 0 Å². The molecular weight excluding hydrogens is 309 g/mol. The number of hydrogen-bond acceptors (Lipinski definition) is 4. The monoisotopic (exact) mass is 319 g/mol. The van der Waals surface area contributed by atoms with Crippen LogP contribution in [0.15, 0.2) is 23.4 Å². The van der Waals surface area contributed by atoms with Gasteiger partial charge in [0.25, 0.3) is 14.2 Å². The van der Waals surface area contributed by atoms with E-state index in [1.807, 2.05) is 13.0 Å². The SMILES string of the molecule is CCn1c(-c2ccc(Cl)c(C)c2)nnc1S(=O)(=O)Cl. The maximum absolute atomic E-state index is 11.4. The van der Waals surface area contributed by atoms with Crippen LogP contribution in [-0.4, -0.2) is 23.2 Å². The van der Waals surface area contributed by atoms with Crippen LogP contribution in [0.25, 0.3) is 11.4 Å². The van der Waals surface area contributed by atoms with E-state index in [-0.39, 0.29) is 5.16 Å². The lowest BCUT2D eigenvalue weighted by Gasteiger charge is -2.07. The molecule has 0 aliphatic heterocycles. The van der Waals surface area contributed by atoms with Gasteiger partial charge in [0.05, 0.1) is 0 Å². The predicted molar refractivity (Wildman–Crippen MR) is 73.9 cm³/mol. The van der Waals surface area contributed by atoms with Crippen molar-refractivity contribution in [3.8, 4) is 11.4 Å². The molecular formula is C11H11Cl2N3O2S. The molecule has 0 unspecified atom stereocenters. The molecule has 0 saturated heterocycles. The molecule has 0 fully saturated rings. The van der Waals surface area contributed by atoms with E-state index in [9.17, 15) is 8.42 Å². The highest BCUT2D eigenvalue weighted by Gasteiger charge is 2.22. The Hall–Kier alpha value is -1.11. The van der Waals surface area contributed by atoms with Gasteiger partial charge in [-0.1, -0.05) is 11.6 Å². The molecule has 0 bridgehead atoms. The zero-order chi connectivity index (χ0) is 14.2. The van der Waals surface area contributed by atoms with Crippen molar-refractivity contribution in [1.82, 2.24) is 14.8 Å². The Labute approximate surface area is 120 Å². The molecule has 0 atom stereocenters. The van der Waals surface area contributed by atoms with Crippen LogP contribution in [-0.2, 0) is 15.6 Å². The first-order valence-electron chi connectivity index (χ1n) is 5.49. The molecule has 5 nitrogen and oxygen atoms in total. The Morgan fingerprint density at radius 1 is 1.32 bits per heavy atom. The number of benzene rings is 1. The summed E-state index contributed by atoms with van der Waals surface area (Å²) in [6.07, 6.45) is 0. The summed E-state index contributed by atoms with van der Waals surface area (Å²) >= 11 is 5.96. The zero-order valence-electron chi connectivity index (χ0n) is 10.3. The van der Waals surface area contributed by atoms with E-state index in [4.69, 9.17) is 22.3 Å². The Balaban J connectivity index is 2.63. The van der Waals surface area contributed by atoms with Crippen LogP contribution in [0.4, 0.5) is 0 Å². The third kappa shape index (κ3) is 2.75. The molecule has 0 spiro atoms. The largest absolute Gasteiger partial charge is 0.297 e. The minimum absolute atomic E-state index is 0.251. The van der Waals surface area contributed by atoms with Gasteiger partial charge in [0.1, 0.15) is 0 Å². The smallest absolute Gasteiger partial charge is 0.296 e. The second-order valence-electron chi connectivity index (χ2n) is 3.95. The molecule has 0 N–H and O–H groups in total.